The van der Waals surface area contributed by atoms with E-state index in [2.05, 4.69) is 26.2 Å². The van der Waals surface area contributed by atoms with Gasteiger partial charge in [-0.25, -0.2) is 0 Å². The number of methoxy groups -OCH3 is 1. The third kappa shape index (κ3) is 5.44. The molecule has 5 heteroatoms. The third-order valence-electron chi connectivity index (χ3n) is 1.93. The van der Waals surface area contributed by atoms with E-state index in [1.165, 1.54) is 0 Å². The molecule has 16 heavy (non-hydrogen) atoms. The summed E-state index contributed by atoms with van der Waals surface area (Å²) in [7, 11) is 1.69. The van der Waals surface area contributed by atoms with Crippen molar-refractivity contribution in [1.29, 1.82) is 0 Å². The molecule has 1 heterocycles. The van der Waals surface area contributed by atoms with E-state index in [-0.39, 0.29) is 6.10 Å². The predicted octanol–water partition coefficient (Wildman–Crippen LogP) is 1.85. The number of ether oxygens (including phenoxy) is 2. The zero-order valence-corrected chi connectivity index (χ0v) is 11.2. The summed E-state index contributed by atoms with van der Waals surface area (Å²) in [6.07, 6.45) is 3.54. The minimum atomic E-state index is 0.105. The molecule has 4 nitrogen and oxygen atoms in total. The fourth-order valence-corrected chi connectivity index (χ4v) is 1.55. The van der Waals surface area contributed by atoms with Crippen LogP contribution in [0.1, 0.15) is 6.92 Å². The highest BCUT2D eigenvalue weighted by Gasteiger charge is 2.03. The standard InChI is InChI=1S/C11H17BrN2O2/c1-9(6-13-3-4-15-2)16-11-5-10(12)7-14-8-11/h5,7-9,13H,3-4,6H2,1-2H3. The maximum atomic E-state index is 5.68. The highest BCUT2D eigenvalue weighted by atomic mass is 79.9. The second-order valence-electron chi connectivity index (χ2n) is 3.46. The van der Waals surface area contributed by atoms with Gasteiger partial charge in [0.05, 0.1) is 12.8 Å². The monoisotopic (exact) mass is 288 g/mol. The van der Waals surface area contributed by atoms with E-state index in [0.717, 1.165) is 23.3 Å². The Labute approximate surface area is 104 Å². The van der Waals surface area contributed by atoms with E-state index in [9.17, 15) is 0 Å². The van der Waals surface area contributed by atoms with Crippen LogP contribution in [-0.4, -0.2) is 37.9 Å². The third-order valence-corrected chi connectivity index (χ3v) is 2.37. The molecule has 0 fully saturated rings. The molecule has 0 saturated carbocycles. The number of aromatic nitrogens is 1. The van der Waals surface area contributed by atoms with Gasteiger partial charge in [0.1, 0.15) is 11.9 Å². The molecule has 0 aromatic carbocycles. The Hall–Kier alpha value is -0.650. The van der Waals surface area contributed by atoms with Crippen molar-refractivity contribution in [3.8, 4) is 5.75 Å². The van der Waals surface area contributed by atoms with Gasteiger partial charge in [-0.15, -0.1) is 0 Å². The number of nitrogens with zero attached hydrogens (tertiary/aromatic N) is 1. The van der Waals surface area contributed by atoms with Crippen molar-refractivity contribution in [1.82, 2.24) is 10.3 Å². The second kappa shape index (κ2) is 7.60. The van der Waals surface area contributed by atoms with Crippen molar-refractivity contribution >= 4 is 15.9 Å². The summed E-state index contributed by atoms with van der Waals surface area (Å²) < 4.78 is 11.5. The normalized spacial score (nSPS) is 12.4. The Morgan fingerprint density at radius 2 is 2.31 bits per heavy atom. The number of hydrogen-bond acceptors (Lipinski definition) is 4. The van der Waals surface area contributed by atoms with Crippen LogP contribution in [-0.2, 0) is 4.74 Å². The van der Waals surface area contributed by atoms with Gasteiger partial charge in [-0.3, -0.25) is 4.98 Å². The van der Waals surface area contributed by atoms with Gasteiger partial charge < -0.3 is 14.8 Å². The highest BCUT2D eigenvalue weighted by Crippen LogP contribution is 2.16. The van der Waals surface area contributed by atoms with Crippen LogP contribution < -0.4 is 10.1 Å². The number of pyridine rings is 1. The molecule has 1 atom stereocenters. The van der Waals surface area contributed by atoms with Gasteiger partial charge in [0, 0.05) is 30.9 Å². The van der Waals surface area contributed by atoms with Gasteiger partial charge in [-0.05, 0) is 28.9 Å². The lowest BCUT2D eigenvalue weighted by Gasteiger charge is -2.15. The van der Waals surface area contributed by atoms with E-state index in [1.807, 2.05) is 13.0 Å². The molecule has 0 saturated heterocycles. The van der Waals surface area contributed by atoms with Crippen LogP contribution in [0.25, 0.3) is 0 Å². The lowest BCUT2D eigenvalue weighted by atomic mass is 10.4. The maximum absolute atomic E-state index is 5.68. The Kier molecular flexibility index (Phi) is 6.37. The van der Waals surface area contributed by atoms with Gasteiger partial charge >= 0.3 is 0 Å². The summed E-state index contributed by atoms with van der Waals surface area (Å²) in [6, 6.07) is 1.90. The Morgan fingerprint density at radius 1 is 1.50 bits per heavy atom. The van der Waals surface area contributed by atoms with E-state index >= 15 is 0 Å². The molecule has 0 amide bonds. The topological polar surface area (TPSA) is 43.4 Å². The quantitative estimate of drug-likeness (QED) is 0.778. The SMILES string of the molecule is COCCNCC(C)Oc1cncc(Br)c1. The number of halogens is 1. The minimum absolute atomic E-state index is 0.105. The first-order valence-electron chi connectivity index (χ1n) is 5.19. The summed E-state index contributed by atoms with van der Waals surface area (Å²) in [4.78, 5) is 4.03. The lowest BCUT2D eigenvalue weighted by Crippen LogP contribution is -2.31. The summed E-state index contributed by atoms with van der Waals surface area (Å²) in [6.45, 7) is 4.35. The van der Waals surface area contributed by atoms with Crippen molar-refractivity contribution in [2.45, 2.75) is 13.0 Å². The van der Waals surface area contributed by atoms with Crippen LogP contribution in [0.3, 0.4) is 0 Å². The molecular weight excluding hydrogens is 272 g/mol. The molecule has 0 aliphatic carbocycles. The van der Waals surface area contributed by atoms with Gasteiger partial charge in [-0.2, -0.15) is 0 Å². The van der Waals surface area contributed by atoms with Crippen molar-refractivity contribution in [2.75, 3.05) is 26.8 Å². The highest BCUT2D eigenvalue weighted by molar-refractivity contribution is 9.10. The Bertz CT molecular complexity index is 310. The molecule has 1 unspecified atom stereocenters. The van der Waals surface area contributed by atoms with Gasteiger partial charge in [-0.1, -0.05) is 0 Å². The van der Waals surface area contributed by atoms with Crippen LogP contribution in [0.4, 0.5) is 0 Å². The summed E-state index contributed by atoms with van der Waals surface area (Å²) in [5.74, 6) is 0.774. The second-order valence-corrected chi connectivity index (χ2v) is 4.38. The molecule has 1 aromatic heterocycles. The first-order chi connectivity index (χ1) is 7.72. The summed E-state index contributed by atoms with van der Waals surface area (Å²) >= 11 is 3.35. The number of rotatable bonds is 7. The largest absolute Gasteiger partial charge is 0.488 e. The summed E-state index contributed by atoms with van der Waals surface area (Å²) in [5.41, 5.74) is 0. The van der Waals surface area contributed by atoms with Crippen LogP contribution >= 0.6 is 15.9 Å². The molecule has 0 aliphatic rings. The predicted molar refractivity (Wildman–Crippen MR) is 66.8 cm³/mol. The zero-order valence-electron chi connectivity index (χ0n) is 9.57. The molecule has 1 N–H and O–H groups in total. The fraction of sp³-hybridized carbons (Fsp3) is 0.545. The molecule has 1 aromatic rings. The Morgan fingerprint density at radius 3 is 3.00 bits per heavy atom. The first kappa shape index (κ1) is 13.4. The van der Waals surface area contributed by atoms with Crippen LogP contribution in [0, 0.1) is 0 Å². The molecular formula is C11H17BrN2O2. The molecule has 0 spiro atoms. The smallest absolute Gasteiger partial charge is 0.139 e. The number of nitrogens with one attached hydrogen (secondary N) is 1. The fourth-order valence-electron chi connectivity index (χ4n) is 1.21. The van der Waals surface area contributed by atoms with Crippen molar-refractivity contribution in [2.24, 2.45) is 0 Å². The zero-order chi connectivity index (χ0) is 11.8. The Balaban J connectivity index is 2.25. The molecule has 0 aliphatic heterocycles. The first-order valence-corrected chi connectivity index (χ1v) is 5.98. The van der Waals surface area contributed by atoms with Crippen LogP contribution in [0.5, 0.6) is 5.75 Å². The van der Waals surface area contributed by atoms with Crippen molar-refractivity contribution < 1.29 is 9.47 Å². The maximum Gasteiger partial charge on any atom is 0.139 e. The van der Waals surface area contributed by atoms with Gasteiger partial charge in [0.15, 0.2) is 0 Å². The molecule has 90 valence electrons. The van der Waals surface area contributed by atoms with E-state index in [4.69, 9.17) is 9.47 Å². The number of hydrogen-bond donors (Lipinski definition) is 1. The molecule has 0 radical (unpaired) electrons. The summed E-state index contributed by atoms with van der Waals surface area (Å²) in [5, 5.41) is 3.24. The van der Waals surface area contributed by atoms with Gasteiger partial charge in [0.25, 0.3) is 0 Å². The average Bonchev–Trinajstić information content (AvgIpc) is 2.24. The molecule has 0 bridgehead atoms. The van der Waals surface area contributed by atoms with E-state index in [1.54, 1.807) is 19.5 Å². The van der Waals surface area contributed by atoms with Crippen molar-refractivity contribution in [3.05, 3.63) is 22.9 Å². The lowest BCUT2D eigenvalue weighted by molar-refractivity contribution is 0.184. The van der Waals surface area contributed by atoms with Gasteiger partial charge in [0.2, 0.25) is 0 Å². The van der Waals surface area contributed by atoms with Crippen LogP contribution in [0.2, 0.25) is 0 Å². The minimum Gasteiger partial charge on any atom is -0.488 e. The van der Waals surface area contributed by atoms with E-state index in [0.29, 0.717) is 6.61 Å². The van der Waals surface area contributed by atoms with E-state index < -0.39 is 0 Å². The average molecular weight is 289 g/mol. The molecule has 1 rings (SSSR count). The van der Waals surface area contributed by atoms with Crippen LogP contribution in [0.15, 0.2) is 22.9 Å². The van der Waals surface area contributed by atoms with Crippen molar-refractivity contribution in [3.63, 3.8) is 0 Å².